The summed E-state index contributed by atoms with van der Waals surface area (Å²) >= 11 is 1.59. The molecule has 9 heteroatoms. The van der Waals surface area contributed by atoms with Gasteiger partial charge in [-0.15, -0.1) is 11.3 Å². The van der Waals surface area contributed by atoms with Crippen LogP contribution >= 0.6 is 11.3 Å². The number of phenols is 1. The Hall–Kier alpha value is -2.10. The molecule has 2 saturated heterocycles. The SMILES string of the molecule is O=C(CN1CCN(c2ccc(O)cc2)CC1)N(Cc1cccs1)C1CCS(=O)(=O)C1. The normalized spacial score (nSPS) is 21.6. The van der Waals surface area contributed by atoms with Crippen molar-refractivity contribution in [1.82, 2.24) is 9.80 Å². The van der Waals surface area contributed by atoms with Crippen molar-refractivity contribution in [3.8, 4) is 5.75 Å². The maximum absolute atomic E-state index is 13.2. The van der Waals surface area contributed by atoms with E-state index < -0.39 is 9.84 Å². The molecular weight excluding hydrogens is 422 g/mol. The third-order valence-corrected chi connectivity index (χ3v) is 8.43. The van der Waals surface area contributed by atoms with Crippen molar-refractivity contribution in [1.29, 1.82) is 0 Å². The highest BCUT2D eigenvalue weighted by Gasteiger charge is 2.35. The minimum atomic E-state index is -3.06. The molecular formula is C21H27N3O4S2. The Labute approximate surface area is 181 Å². The van der Waals surface area contributed by atoms with Crippen molar-refractivity contribution in [2.24, 2.45) is 0 Å². The first-order valence-corrected chi connectivity index (χ1v) is 12.9. The molecule has 2 fully saturated rings. The minimum Gasteiger partial charge on any atom is -0.508 e. The number of sulfone groups is 1. The zero-order valence-electron chi connectivity index (χ0n) is 16.8. The van der Waals surface area contributed by atoms with Crippen molar-refractivity contribution in [3.63, 3.8) is 0 Å². The monoisotopic (exact) mass is 449 g/mol. The van der Waals surface area contributed by atoms with Crippen molar-refractivity contribution < 1.29 is 18.3 Å². The van der Waals surface area contributed by atoms with Gasteiger partial charge in [-0.2, -0.15) is 0 Å². The summed E-state index contributed by atoms with van der Waals surface area (Å²) in [6.07, 6.45) is 0.522. The van der Waals surface area contributed by atoms with Gasteiger partial charge in [0.1, 0.15) is 5.75 Å². The first-order chi connectivity index (χ1) is 14.4. The number of rotatable bonds is 6. The first-order valence-electron chi connectivity index (χ1n) is 10.2. The van der Waals surface area contributed by atoms with E-state index in [1.54, 1.807) is 28.4 Å². The minimum absolute atomic E-state index is 0.00332. The van der Waals surface area contributed by atoms with E-state index in [0.717, 1.165) is 36.7 Å². The number of hydrogen-bond acceptors (Lipinski definition) is 7. The number of carbonyl (C=O) groups is 1. The fourth-order valence-corrected chi connectivity index (χ4v) is 6.56. The number of hydrogen-bond donors (Lipinski definition) is 1. The van der Waals surface area contributed by atoms with Gasteiger partial charge in [-0.1, -0.05) is 6.07 Å². The number of carbonyl (C=O) groups excluding carboxylic acids is 1. The lowest BCUT2D eigenvalue weighted by Crippen LogP contribution is -2.51. The van der Waals surface area contributed by atoms with Crippen LogP contribution in [0.1, 0.15) is 11.3 Å². The lowest BCUT2D eigenvalue weighted by atomic mass is 10.2. The van der Waals surface area contributed by atoms with Gasteiger partial charge in [-0.25, -0.2) is 8.42 Å². The van der Waals surface area contributed by atoms with E-state index in [0.29, 0.717) is 19.5 Å². The topological polar surface area (TPSA) is 81.2 Å². The third-order valence-electron chi connectivity index (χ3n) is 5.82. The van der Waals surface area contributed by atoms with E-state index in [2.05, 4.69) is 9.80 Å². The Morgan fingerprint density at radius 3 is 2.47 bits per heavy atom. The maximum Gasteiger partial charge on any atom is 0.237 e. The summed E-state index contributed by atoms with van der Waals surface area (Å²) in [5, 5.41) is 11.4. The van der Waals surface area contributed by atoms with Crippen molar-refractivity contribution in [2.75, 3.05) is 49.1 Å². The summed E-state index contributed by atoms with van der Waals surface area (Å²) in [5.41, 5.74) is 1.06. The quantitative estimate of drug-likeness (QED) is 0.724. The molecule has 1 aromatic carbocycles. The molecule has 1 unspecified atom stereocenters. The Balaban J connectivity index is 1.37. The average Bonchev–Trinajstić information content (AvgIpc) is 3.36. The van der Waals surface area contributed by atoms with Crippen molar-refractivity contribution in [3.05, 3.63) is 46.7 Å². The zero-order chi connectivity index (χ0) is 21.1. The summed E-state index contributed by atoms with van der Waals surface area (Å²) in [5.74, 6) is 0.488. The van der Waals surface area contributed by atoms with Crippen molar-refractivity contribution >= 4 is 32.8 Å². The number of thiophene rings is 1. The molecule has 4 rings (SSSR count). The van der Waals surface area contributed by atoms with Crippen LogP contribution in [0.3, 0.4) is 0 Å². The van der Waals surface area contributed by atoms with Gasteiger partial charge in [0.2, 0.25) is 5.91 Å². The molecule has 30 heavy (non-hydrogen) atoms. The van der Waals surface area contributed by atoms with Crippen LogP contribution in [0, 0.1) is 0 Å². The number of phenolic OH excluding ortho intramolecular Hbond substituents is 1. The number of amides is 1. The van der Waals surface area contributed by atoms with Gasteiger partial charge in [-0.3, -0.25) is 9.69 Å². The van der Waals surface area contributed by atoms with E-state index >= 15 is 0 Å². The second-order valence-electron chi connectivity index (χ2n) is 7.94. The zero-order valence-corrected chi connectivity index (χ0v) is 18.4. The molecule has 2 aromatic rings. The molecule has 0 aliphatic carbocycles. The summed E-state index contributed by atoms with van der Waals surface area (Å²) in [6.45, 7) is 3.93. The van der Waals surface area contributed by atoms with Gasteiger partial charge < -0.3 is 14.9 Å². The van der Waals surface area contributed by atoms with Crippen LogP contribution in [0.15, 0.2) is 41.8 Å². The fourth-order valence-electron chi connectivity index (χ4n) is 4.12. The molecule has 162 valence electrons. The van der Waals surface area contributed by atoms with Crippen LogP contribution in [0.25, 0.3) is 0 Å². The van der Waals surface area contributed by atoms with Gasteiger partial charge in [0.25, 0.3) is 0 Å². The number of aromatic hydroxyl groups is 1. The van der Waals surface area contributed by atoms with E-state index in [1.165, 1.54) is 0 Å². The average molecular weight is 450 g/mol. The summed E-state index contributed by atoms with van der Waals surface area (Å²) < 4.78 is 24.0. The molecule has 1 N–H and O–H groups in total. The highest BCUT2D eigenvalue weighted by molar-refractivity contribution is 7.91. The molecule has 3 heterocycles. The van der Waals surface area contributed by atoms with E-state index in [4.69, 9.17) is 0 Å². The highest BCUT2D eigenvalue weighted by atomic mass is 32.2. The smallest absolute Gasteiger partial charge is 0.237 e. The second kappa shape index (κ2) is 8.95. The van der Waals surface area contributed by atoms with E-state index in [1.807, 2.05) is 29.6 Å². The Morgan fingerprint density at radius 2 is 1.87 bits per heavy atom. The highest BCUT2D eigenvalue weighted by Crippen LogP contribution is 2.23. The van der Waals surface area contributed by atoms with Crippen LogP contribution in [0.5, 0.6) is 5.75 Å². The lowest BCUT2D eigenvalue weighted by Gasteiger charge is -2.37. The largest absolute Gasteiger partial charge is 0.508 e. The molecule has 1 amide bonds. The Morgan fingerprint density at radius 1 is 1.13 bits per heavy atom. The summed E-state index contributed by atoms with van der Waals surface area (Å²) in [6, 6.07) is 10.9. The van der Waals surface area contributed by atoms with Gasteiger partial charge in [-0.05, 0) is 42.1 Å². The lowest BCUT2D eigenvalue weighted by molar-refractivity contribution is -0.135. The molecule has 0 spiro atoms. The van der Waals surface area contributed by atoms with Crippen LogP contribution in [0.2, 0.25) is 0 Å². The molecule has 2 aliphatic heterocycles. The Bertz CT molecular complexity index is 953. The predicted molar refractivity (Wildman–Crippen MR) is 119 cm³/mol. The molecule has 1 aromatic heterocycles. The van der Waals surface area contributed by atoms with Crippen LogP contribution in [-0.2, 0) is 21.2 Å². The molecule has 2 aliphatic rings. The second-order valence-corrected chi connectivity index (χ2v) is 11.2. The number of piperazine rings is 1. The number of anilines is 1. The maximum atomic E-state index is 13.2. The fraction of sp³-hybridized carbons (Fsp3) is 0.476. The van der Waals surface area contributed by atoms with Crippen LogP contribution in [0.4, 0.5) is 5.69 Å². The standard InChI is InChI=1S/C21H27N3O4S2/c25-19-5-3-17(4-6-19)23-10-8-22(9-11-23)15-21(26)24(14-20-2-1-12-29-20)18-7-13-30(27,28)16-18/h1-6,12,18,25H,7-11,13-16H2. The van der Waals surface area contributed by atoms with Crippen LogP contribution in [-0.4, -0.2) is 79.5 Å². The van der Waals surface area contributed by atoms with E-state index in [9.17, 15) is 18.3 Å². The first kappa shape index (κ1) is 21.1. The van der Waals surface area contributed by atoms with Gasteiger partial charge in [0.15, 0.2) is 9.84 Å². The van der Waals surface area contributed by atoms with Crippen LogP contribution < -0.4 is 4.90 Å². The summed E-state index contributed by atoms with van der Waals surface area (Å²) in [7, 11) is -3.06. The van der Waals surface area contributed by atoms with Gasteiger partial charge in [0, 0.05) is 42.8 Å². The predicted octanol–water partition coefficient (Wildman–Crippen LogP) is 1.79. The molecule has 0 bridgehead atoms. The Kier molecular flexibility index (Phi) is 6.31. The number of nitrogens with zero attached hydrogens (tertiary/aromatic N) is 3. The van der Waals surface area contributed by atoms with Gasteiger partial charge >= 0.3 is 0 Å². The van der Waals surface area contributed by atoms with Gasteiger partial charge in [0.05, 0.1) is 24.6 Å². The molecule has 0 saturated carbocycles. The molecule has 1 atom stereocenters. The summed E-state index contributed by atoms with van der Waals surface area (Å²) in [4.78, 5) is 20.4. The molecule has 0 radical (unpaired) electrons. The molecule has 7 nitrogen and oxygen atoms in total. The van der Waals surface area contributed by atoms with E-state index in [-0.39, 0.29) is 29.2 Å². The van der Waals surface area contributed by atoms with Crippen molar-refractivity contribution in [2.45, 2.75) is 19.0 Å². The number of benzene rings is 1. The third kappa shape index (κ3) is 5.14.